The van der Waals surface area contributed by atoms with E-state index in [0.717, 1.165) is 99.5 Å². The molecule has 2 aliphatic heterocycles. The van der Waals surface area contributed by atoms with Gasteiger partial charge in [-0.05, 0) is 123 Å². The van der Waals surface area contributed by atoms with Crippen LogP contribution in [0.15, 0.2) is 39.7 Å². The molecule has 0 radical (unpaired) electrons. The molecular formula is C44H73N3O5. The summed E-state index contributed by atoms with van der Waals surface area (Å²) in [5, 5.41) is 8.60. The normalized spacial score (nSPS) is 30.5. The van der Waals surface area contributed by atoms with Crippen molar-refractivity contribution in [2.24, 2.45) is 39.7 Å². The molecule has 4 aliphatic carbocycles. The molecule has 1 aromatic heterocycles. The van der Waals surface area contributed by atoms with Crippen LogP contribution in [0.25, 0.3) is 11.0 Å². The standard InChI is InChI=1S/C38H49N3O5.2C2H6.C2H4.4H2/c1-37-14-11-26(42)21-25(37)7-8-27-30-9-10-32(38(30,2)15-12-31(27)37)40-45-22-33(43)39-16-13-23-20-34(44)46-36-28-6-4-18-41-17-3-5-24(35(28)41)19-29(23)36;3*1-2;;;;/h19-20,25,27,30-31H,3-18,21-22H2,1-2H3,(H,39,43);2*1-2H3;1-2H2;4*1H/b40-32-;;;;;;;/t25?,27-,30?,31?,37-,38-;;;;;;;/m0......./s1. The van der Waals surface area contributed by atoms with Crippen LogP contribution in [0.4, 0.5) is 5.69 Å². The molecule has 294 valence electrons. The number of anilines is 1. The Labute approximate surface area is 318 Å². The van der Waals surface area contributed by atoms with Crippen LogP contribution in [-0.4, -0.2) is 43.6 Å². The smallest absolute Gasteiger partial charge is 0.336 e. The molecule has 8 rings (SSSR count). The lowest BCUT2D eigenvalue weighted by molar-refractivity contribution is -0.136. The van der Waals surface area contributed by atoms with E-state index in [1.807, 2.05) is 27.7 Å². The molecule has 2 aromatic rings. The summed E-state index contributed by atoms with van der Waals surface area (Å²) < 4.78 is 5.79. The Morgan fingerprint density at radius 2 is 1.73 bits per heavy atom. The summed E-state index contributed by atoms with van der Waals surface area (Å²) in [7, 11) is 0. The predicted molar refractivity (Wildman–Crippen MR) is 221 cm³/mol. The third-order valence-electron chi connectivity index (χ3n) is 13.6. The minimum atomic E-state index is -0.328. The number of nitrogens with zero attached hydrogens (tertiary/aromatic N) is 2. The highest BCUT2D eigenvalue weighted by Gasteiger charge is 2.59. The summed E-state index contributed by atoms with van der Waals surface area (Å²) in [5.41, 5.74) is 6.62. The first-order chi connectivity index (χ1) is 25.2. The summed E-state index contributed by atoms with van der Waals surface area (Å²) in [6.45, 7) is 21.3. The molecule has 3 unspecified atom stereocenters. The number of Topliss-reactive ketones (excluding diaryl/α,β-unsaturated/α-hetero) is 1. The fraction of sp³-hybridized carbons (Fsp3) is 0.682. The van der Waals surface area contributed by atoms with E-state index in [0.29, 0.717) is 47.8 Å². The number of carbonyl (C=O) groups is 2. The minimum absolute atomic E-state index is 0. The lowest BCUT2D eigenvalue weighted by Crippen LogP contribution is -2.53. The van der Waals surface area contributed by atoms with Gasteiger partial charge in [-0.3, -0.25) is 9.59 Å². The van der Waals surface area contributed by atoms with Crippen LogP contribution in [0.2, 0.25) is 0 Å². The maximum Gasteiger partial charge on any atom is 0.336 e. The second-order valence-electron chi connectivity index (χ2n) is 15.8. The van der Waals surface area contributed by atoms with Crippen molar-refractivity contribution in [2.45, 2.75) is 131 Å². The zero-order valence-electron chi connectivity index (χ0n) is 33.0. The summed E-state index contributed by atoms with van der Waals surface area (Å²) in [6.07, 6.45) is 14.2. The van der Waals surface area contributed by atoms with Crippen molar-refractivity contribution in [2.75, 3.05) is 31.1 Å². The van der Waals surface area contributed by atoms with Gasteiger partial charge in [0.25, 0.3) is 5.91 Å². The van der Waals surface area contributed by atoms with Crippen LogP contribution in [-0.2, 0) is 33.7 Å². The molecule has 0 saturated heterocycles. The number of carbonyl (C=O) groups excluding carboxylic acids is 2. The Balaban J connectivity index is 0.00000150. The summed E-state index contributed by atoms with van der Waals surface area (Å²) in [4.78, 5) is 45.8. The fourth-order valence-corrected chi connectivity index (χ4v) is 11.3. The number of benzene rings is 1. The number of aryl methyl sites for hydroxylation is 2. The maximum absolute atomic E-state index is 12.8. The molecule has 4 saturated carbocycles. The molecule has 6 atom stereocenters. The van der Waals surface area contributed by atoms with Crippen LogP contribution in [0.1, 0.15) is 135 Å². The molecule has 4 fully saturated rings. The minimum Gasteiger partial charge on any atom is -0.422 e. The predicted octanol–water partition coefficient (Wildman–Crippen LogP) is 9.97. The Morgan fingerprint density at radius 3 is 2.50 bits per heavy atom. The number of rotatable bonds is 6. The number of hydrogen-bond acceptors (Lipinski definition) is 7. The van der Waals surface area contributed by atoms with Crippen LogP contribution < -0.4 is 15.8 Å². The average Bonchev–Trinajstić information content (AvgIpc) is 3.51. The van der Waals surface area contributed by atoms with Gasteiger partial charge in [-0.2, -0.15) is 0 Å². The third kappa shape index (κ3) is 7.37. The van der Waals surface area contributed by atoms with Crippen molar-refractivity contribution in [3.8, 4) is 0 Å². The number of fused-ring (bicyclic) bond motifs is 7. The first-order valence-corrected chi connectivity index (χ1v) is 20.6. The first-order valence-electron chi connectivity index (χ1n) is 20.6. The Morgan fingerprint density at radius 1 is 0.981 bits per heavy atom. The molecule has 6 aliphatic rings. The van der Waals surface area contributed by atoms with E-state index in [-0.39, 0.29) is 29.3 Å². The zero-order valence-corrected chi connectivity index (χ0v) is 33.0. The van der Waals surface area contributed by atoms with Crippen molar-refractivity contribution in [1.29, 1.82) is 0 Å². The van der Waals surface area contributed by atoms with E-state index < -0.39 is 0 Å². The van der Waals surface area contributed by atoms with Crippen molar-refractivity contribution < 1.29 is 24.6 Å². The molecule has 1 amide bonds. The fourth-order valence-electron chi connectivity index (χ4n) is 11.3. The van der Waals surface area contributed by atoms with Gasteiger partial charge in [0.05, 0.1) is 5.71 Å². The Bertz CT molecular complexity index is 1700. The Hall–Kier alpha value is -3.42. The van der Waals surface area contributed by atoms with Crippen molar-refractivity contribution in [1.82, 2.24) is 5.32 Å². The zero-order chi connectivity index (χ0) is 37.6. The van der Waals surface area contributed by atoms with E-state index in [9.17, 15) is 14.4 Å². The molecule has 1 N–H and O–H groups in total. The van der Waals surface area contributed by atoms with Gasteiger partial charge >= 0.3 is 5.63 Å². The highest BCUT2D eigenvalue weighted by molar-refractivity contribution is 5.92. The van der Waals surface area contributed by atoms with Gasteiger partial charge in [0.15, 0.2) is 6.61 Å². The molecule has 8 nitrogen and oxygen atoms in total. The van der Waals surface area contributed by atoms with E-state index in [4.69, 9.17) is 9.25 Å². The third-order valence-corrected chi connectivity index (χ3v) is 13.6. The van der Waals surface area contributed by atoms with Crippen molar-refractivity contribution in [3.05, 3.63) is 52.4 Å². The van der Waals surface area contributed by atoms with E-state index in [1.54, 1.807) is 6.07 Å². The molecular weight excluding hydrogens is 650 g/mol. The summed E-state index contributed by atoms with van der Waals surface area (Å²) >= 11 is 0. The topological polar surface area (TPSA) is 101 Å². The van der Waals surface area contributed by atoms with E-state index in [1.165, 1.54) is 36.1 Å². The average molecular weight is 724 g/mol. The van der Waals surface area contributed by atoms with Crippen LogP contribution >= 0.6 is 0 Å². The highest BCUT2D eigenvalue weighted by atomic mass is 16.6. The largest absolute Gasteiger partial charge is 0.422 e. The molecule has 0 spiro atoms. The monoisotopic (exact) mass is 724 g/mol. The quantitative estimate of drug-likeness (QED) is 0.181. The van der Waals surface area contributed by atoms with Crippen molar-refractivity contribution in [3.63, 3.8) is 0 Å². The summed E-state index contributed by atoms with van der Waals surface area (Å²) in [5.74, 6) is 2.86. The first kappa shape index (κ1) is 39.8. The van der Waals surface area contributed by atoms with E-state index in [2.05, 4.69) is 48.4 Å². The number of ketones is 1. The number of hydrogen-bond donors (Lipinski definition) is 1. The molecule has 0 bridgehead atoms. The number of oxime groups is 1. The lowest BCUT2D eigenvalue weighted by Gasteiger charge is -2.59. The van der Waals surface area contributed by atoms with Crippen molar-refractivity contribution >= 4 is 34.1 Å². The van der Waals surface area contributed by atoms with Gasteiger partial charge in [-0.1, -0.05) is 46.7 Å². The molecule has 3 heterocycles. The summed E-state index contributed by atoms with van der Waals surface area (Å²) in [6, 6.07) is 3.81. The van der Waals surface area contributed by atoms with Crippen LogP contribution in [0.5, 0.6) is 0 Å². The number of amides is 1. The second kappa shape index (κ2) is 17.2. The van der Waals surface area contributed by atoms with Gasteiger partial charge in [0.1, 0.15) is 11.4 Å². The maximum atomic E-state index is 12.8. The van der Waals surface area contributed by atoms with Crippen LogP contribution in [0.3, 0.4) is 0 Å². The molecule has 1 aromatic carbocycles. The van der Waals surface area contributed by atoms with Crippen LogP contribution in [0, 0.1) is 34.5 Å². The molecule has 52 heavy (non-hydrogen) atoms. The second-order valence-corrected chi connectivity index (χ2v) is 15.8. The highest BCUT2D eigenvalue weighted by Crippen LogP contribution is 2.65. The SMILES string of the molecule is C=C.CC.CC.C[C@]12CCC(=O)CC1CC[C@@H]1C2CC[C@]2(C)/C(=N\OCC(=O)NCCc3cc(=O)oc4c5c6c(cc34)CCCN6CCC5)CCC12.[HH].[HH].[HH].[HH]. The van der Waals surface area contributed by atoms with Gasteiger partial charge in [0, 0.05) is 66.3 Å². The van der Waals surface area contributed by atoms with Gasteiger partial charge in [-0.15, -0.1) is 13.2 Å². The van der Waals surface area contributed by atoms with Gasteiger partial charge in [0.2, 0.25) is 0 Å². The van der Waals surface area contributed by atoms with E-state index >= 15 is 0 Å². The lowest BCUT2D eigenvalue weighted by atomic mass is 9.45. The van der Waals surface area contributed by atoms with Gasteiger partial charge < -0.3 is 19.5 Å². The van der Waals surface area contributed by atoms with Gasteiger partial charge in [-0.25, -0.2) is 4.79 Å². The number of nitrogens with one attached hydrogen (secondary N) is 1. The Kier molecular flexibility index (Phi) is 13.1. The molecule has 8 heteroatoms.